The zero-order valence-corrected chi connectivity index (χ0v) is 16.5. The molecule has 0 unspecified atom stereocenters. The second kappa shape index (κ2) is 9.60. The van der Waals surface area contributed by atoms with Crippen molar-refractivity contribution in [2.75, 3.05) is 30.9 Å². The Morgan fingerprint density at radius 1 is 1.00 bits per heavy atom. The molecule has 0 aliphatic rings. The quantitative estimate of drug-likeness (QED) is 0.531. The van der Waals surface area contributed by atoms with Crippen LogP contribution in [-0.2, 0) is 6.42 Å². The summed E-state index contributed by atoms with van der Waals surface area (Å²) in [4.78, 5) is 8.83. The zero-order chi connectivity index (χ0) is 19.8. The predicted octanol–water partition coefficient (Wildman–Crippen LogP) is 4.59. The van der Waals surface area contributed by atoms with E-state index < -0.39 is 0 Å². The lowest BCUT2D eigenvalue weighted by molar-refractivity contribution is 0.331. The number of anilines is 3. The molecule has 146 valence electrons. The summed E-state index contributed by atoms with van der Waals surface area (Å²) >= 11 is 0. The third-order valence-corrected chi connectivity index (χ3v) is 4.36. The summed E-state index contributed by atoms with van der Waals surface area (Å²) in [5.41, 5.74) is 3.57. The summed E-state index contributed by atoms with van der Waals surface area (Å²) in [7, 11) is 1.64. The molecule has 2 N–H and O–H groups in total. The number of aromatic nitrogens is 2. The van der Waals surface area contributed by atoms with Gasteiger partial charge in [-0.2, -0.15) is 4.98 Å². The standard InChI is InChI=1S/C22H26N4O2/c1-4-17-7-5-6-16(2)21(17)25-20-12-13-23-22(26-20)24-14-15-28-19-10-8-18(27-3)9-11-19/h5-13H,4,14-15H2,1-3H3,(H2,23,24,25,26). The molecule has 0 saturated heterocycles. The molecular formula is C22H26N4O2. The number of benzene rings is 2. The van der Waals surface area contributed by atoms with E-state index in [-0.39, 0.29) is 0 Å². The van der Waals surface area contributed by atoms with Crippen molar-refractivity contribution in [3.05, 3.63) is 65.9 Å². The Morgan fingerprint density at radius 2 is 1.79 bits per heavy atom. The third kappa shape index (κ3) is 5.13. The lowest BCUT2D eigenvalue weighted by Crippen LogP contribution is -2.13. The molecule has 0 aliphatic heterocycles. The second-order valence-electron chi connectivity index (χ2n) is 6.30. The minimum atomic E-state index is 0.505. The van der Waals surface area contributed by atoms with Crippen LogP contribution in [0.15, 0.2) is 54.7 Å². The molecule has 0 fully saturated rings. The van der Waals surface area contributed by atoms with E-state index in [1.807, 2.05) is 30.3 Å². The van der Waals surface area contributed by atoms with Crippen molar-refractivity contribution in [2.24, 2.45) is 0 Å². The van der Waals surface area contributed by atoms with Gasteiger partial charge in [0.1, 0.15) is 23.9 Å². The normalized spacial score (nSPS) is 10.4. The van der Waals surface area contributed by atoms with Crippen molar-refractivity contribution >= 4 is 17.5 Å². The molecule has 0 radical (unpaired) electrons. The van der Waals surface area contributed by atoms with Crippen LogP contribution in [0.4, 0.5) is 17.5 Å². The van der Waals surface area contributed by atoms with Crippen LogP contribution >= 0.6 is 0 Å². The fourth-order valence-corrected chi connectivity index (χ4v) is 2.85. The topological polar surface area (TPSA) is 68.3 Å². The molecule has 0 aliphatic carbocycles. The van der Waals surface area contributed by atoms with Crippen LogP contribution in [0.25, 0.3) is 0 Å². The van der Waals surface area contributed by atoms with Gasteiger partial charge in [-0.3, -0.25) is 0 Å². The van der Waals surface area contributed by atoms with E-state index in [1.54, 1.807) is 13.3 Å². The smallest absolute Gasteiger partial charge is 0.224 e. The van der Waals surface area contributed by atoms with Crippen LogP contribution in [0.5, 0.6) is 11.5 Å². The highest BCUT2D eigenvalue weighted by atomic mass is 16.5. The third-order valence-electron chi connectivity index (χ3n) is 4.36. The van der Waals surface area contributed by atoms with E-state index in [0.29, 0.717) is 19.1 Å². The highest BCUT2D eigenvalue weighted by molar-refractivity contribution is 5.65. The molecule has 0 spiro atoms. The maximum atomic E-state index is 5.71. The first kappa shape index (κ1) is 19.5. The summed E-state index contributed by atoms with van der Waals surface area (Å²) in [6.07, 6.45) is 2.70. The number of aryl methyl sites for hydroxylation is 2. The van der Waals surface area contributed by atoms with Crippen molar-refractivity contribution in [3.63, 3.8) is 0 Å². The molecule has 3 aromatic rings. The van der Waals surface area contributed by atoms with Crippen LogP contribution in [0.1, 0.15) is 18.1 Å². The Bertz CT molecular complexity index is 897. The number of para-hydroxylation sites is 1. The van der Waals surface area contributed by atoms with Crippen molar-refractivity contribution in [3.8, 4) is 11.5 Å². The molecule has 6 nitrogen and oxygen atoms in total. The summed E-state index contributed by atoms with van der Waals surface area (Å²) in [5.74, 6) is 2.93. The second-order valence-corrected chi connectivity index (χ2v) is 6.30. The molecule has 0 saturated carbocycles. The average molecular weight is 378 g/mol. The van der Waals surface area contributed by atoms with Gasteiger partial charge >= 0.3 is 0 Å². The van der Waals surface area contributed by atoms with Crippen molar-refractivity contribution < 1.29 is 9.47 Å². The molecule has 28 heavy (non-hydrogen) atoms. The summed E-state index contributed by atoms with van der Waals surface area (Å²) in [6.45, 7) is 5.35. The highest BCUT2D eigenvalue weighted by Gasteiger charge is 2.06. The van der Waals surface area contributed by atoms with Crippen molar-refractivity contribution in [1.29, 1.82) is 0 Å². The van der Waals surface area contributed by atoms with Crippen LogP contribution in [-0.4, -0.2) is 30.2 Å². The Balaban J connectivity index is 1.55. The summed E-state index contributed by atoms with van der Waals surface area (Å²) in [6, 6.07) is 15.7. The zero-order valence-electron chi connectivity index (χ0n) is 16.5. The van der Waals surface area contributed by atoms with Gasteiger partial charge in [-0.1, -0.05) is 25.1 Å². The first-order valence-corrected chi connectivity index (χ1v) is 9.39. The fraction of sp³-hybridized carbons (Fsp3) is 0.273. The van der Waals surface area contributed by atoms with Crippen molar-refractivity contribution in [2.45, 2.75) is 20.3 Å². The minimum Gasteiger partial charge on any atom is -0.497 e. The Kier molecular flexibility index (Phi) is 6.68. The molecule has 6 heteroatoms. The van der Waals surface area contributed by atoms with Gasteiger partial charge in [-0.25, -0.2) is 4.98 Å². The molecule has 0 atom stereocenters. The summed E-state index contributed by atoms with van der Waals surface area (Å²) in [5, 5.41) is 6.62. The average Bonchev–Trinajstić information content (AvgIpc) is 2.73. The number of ether oxygens (including phenoxy) is 2. The molecule has 0 amide bonds. The van der Waals surface area contributed by atoms with Gasteiger partial charge in [0.15, 0.2) is 0 Å². The number of nitrogens with zero attached hydrogens (tertiary/aromatic N) is 2. The van der Waals surface area contributed by atoms with Gasteiger partial charge in [0.05, 0.1) is 13.7 Å². The van der Waals surface area contributed by atoms with Gasteiger partial charge in [-0.15, -0.1) is 0 Å². The number of hydrogen-bond acceptors (Lipinski definition) is 6. The van der Waals surface area contributed by atoms with Crippen molar-refractivity contribution in [1.82, 2.24) is 9.97 Å². The predicted molar refractivity (Wildman–Crippen MR) is 113 cm³/mol. The number of nitrogens with one attached hydrogen (secondary N) is 2. The van der Waals surface area contributed by atoms with E-state index in [9.17, 15) is 0 Å². The van der Waals surface area contributed by atoms with Crippen LogP contribution in [0.2, 0.25) is 0 Å². The van der Waals surface area contributed by atoms with Crippen LogP contribution in [0, 0.1) is 6.92 Å². The molecule has 1 aromatic heterocycles. The fourth-order valence-electron chi connectivity index (χ4n) is 2.85. The minimum absolute atomic E-state index is 0.505. The van der Waals surface area contributed by atoms with Gasteiger partial charge in [0, 0.05) is 11.9 Å². The van der Waals surface area contributed by atoms with E-state index in [0.717, 1.165) is 29.4 Å². The SMILES string of the molecule is CCc1cccc(C)c1Nc1ccnc(NCCOc2ccc(OC)cc2)n1. The molecule has 0 bridgehead atoms. The Morgan fingerprint density at radius 3 is 2.54 bits per heavy atom. The molecule has 1 heterocycles. The Labute approximate surface area is 166 Å². The Hall–Kier alpha value is -3.28. The number of rotatable bonds is 9. The first-order valence-electron chi connectivity index (χ1n) is 9.39. The van der Waals surface area contributed by atoms with E-state index >= 15 is 0 Å². The lowest BCUT2D eigenvalue weighted by atomic mass is 10.1. The maximum Gasteiger partial charge on any atom is 0.224 e. The monoisotopic (exact) mass is 378 g/mol. The van der Waals surface area contributed by atoms with E-state index in [2.05, 4.69) is 52.6 Å². The highest BCUT2D eigenvalue weighted by Crippen LogP contribution is 2.24. The van der Waals surface area contributed by atoms with Crippen LogP contribution < -0.4 is 20.1 Å². The molecule has 2 aromatic carbocycles. The largest absolute Gasteiger partial charge is 0.497 e. The van der Waals surface area contributed by atoms with Crippen LogP contribution in [0.3, 0.4) is 0 Å². The maximum absolute atomic E-state index is 5.71. The molecule has 3 rings (SSSR count). The van der Waals surface area contributed by atoms with Gasteiger partial charge in [0.2, 0.25) is 5.95 Å². The summed E-state index contributed by atoms with van der Waals surface area (Å²) < 4.78 is 10.8. The van der Waals surface area contributed by atoms with Gasteiger partial charge in [-0.05, 0) is 54.8 Å². The van der Waals surface area contributed by atoms with Gasteiger partial charge in [0.25, 0.3) is 0 Å². The number of methoxy groups -OCH3 is 1. The number of hydrogen-bond donors (Lipinski definition) is 2. The van der Waals surface area contributed by atoms with Gasteiger partial charge < -0.3 is 20.1 Å². The first-order chi connectivity index (χ1) is 13.7. The molecular weight excluding hydrogens is 352 g/mol. The van der Waals surface area contributed by atoms with E-state index in [4.69, 9.17) is 9.47 Å². The lowest BCUT2D eigenvalue weighted by Gasteiger charge is -2.14. The van der Waals surface area contributed by atoms with E-state index in [1.165, 1.54) is 11.1 Å².